The highest BCUT2D eigenvalue weighted by Crippen LogP contribution is 2.26. The summed E-state index contributed by atoms with van der Waals surface area (Å²) < 4.78 is 32.7. The molecule has 0 aromatic heterocycles. The smallest absolute Gasteiger partial charge is 0.243 e. The second-order valence-electron chi connectivity index (χ2n) is 8.13. The van der Waals surface area contributed by atoms with E-state index in [1.165, 1.54) is 16.4 Å². The zero-order valence-corrected chi connectivity index (χ0v) is 20.0. The van der Waals surface area contributed by atoms with Gasteiger partial charge in [0.05, 0.1) is 11.5 Å². The van der Waals surface area contributed by atoms with Crippen LogP contribution in [-0.4, -0.2) is 38.3 Å². The van der Waals surface area contributed by atoms with E-state index in [1.54, 1.807) is 12.1 Å². The molecule has 1 aliphatic heterocycles. The van der Waals surface area contributed by atoms with Gasteiger partial charge in [-0.3, -0.25) is 4.79 Å². The fourth-order valence-corrected chi connectivity index (χ4v) is 5.28. The zero-order valence-electron chi connectivity index (χ0n) is 18.4. The van der Waals surface area contributed by atoms with E-state index in [9.17, 15) is 13.2 Å². The van der Waals surface area contributed by atoms with Crippen molar-refractivity contribution in [3.63, 3.8) is 0 Å². The first-order valence-corrected chi connectivity index (χ1v) is 12.9. The fourth-order valence-electron chi connectivity index (χ4n) is 3.68. The maximum Gasteiger partial charge on any atom is 0.243 e. The molecule has 0 unspecified atom stereocenters. The van der Waals surface area contributed by atoms with Gasteiger partial charge in [-0.05, 0) is 67.1 Å². The van der Waals surface area contributed by atoms with Crippen LogP contribution in [0.2, 0.25) is 5.02 Å². The van der Waals surface area contributed by atoms with E-state index >= 15 is 0 Å². The molecule has 1 amide bonds. The van der Waals surface area contributed by atoms with E-state index in [0.29, 0.717) is 50.5 Å². The minimum atomic E-state index is -3.52. The molecular formula is C24H31ClN2O4S. The van der Waals surface area contributed by atoms with Gasteiger partial charge in [-0.15, -0.1) is 0 Å². The van der Waals surface area contributed by atoms with Crippen molar-refractivity contribution in [2.45, 2.75) is 50.5 Å². The Hall–Kier alpha value is -2.09. The maximum absolute atomic E-state index is 12.8. The van der Waals surface area contributed by atoms with Crippen molar-refractivity contribution in [2.24, 2.45) is 5.92 Å². The van der Waals surface area contributed by atoms with E-state index in [4.69, 9.17) is 16.3 Å². The van der Waals surface area contributed by atoms with E-state index in [0.717, 1.165) is 24.2 Å². The number of benzene rings is 2. The summed E-state index contributed by atoms with van der Waals surface area (Å²) in [7, 11) is -3.52. The quantitative estimate of drug-likeness (QED) is 0.505. The van der Waals surface area contributed by atoms with Crippen LogP contribution < -0.4 is 10.1 Å². The van der Waals surface area contributed by atoms with Gasteiger partial charge in [0.1, 0.15) is 5.75 Å². The summed E-state index contributed by atoms with van der Waals surface area (Å²) in [6, 6.07) is 14.0. The normalized spacial score (nSPS) is 15.4. The Balaban J connectivity index is 1.41. The first-order chi connectivity index (χ1) is 15.4. The van der Waals surface area contributed by atoms with Crippen LogP contribution in [-0.2, 0) is 21.4 Å². The van der Waals surface area contributed by atoms with Gasteiger partial charge in [-0.25, -0.2) is 8.42 Å². The second kappa shape index (κ2) is 11.7. The Labute approximate surface area is 196 Å². The van der Waals surface area contributed by atoms with Crippen molar-refractivity contribution >= 4 is 27.5 Å². The van der Waals surface area contributed by atoms with Crippen molar-refractivity contribution in [3.8, 4) is 5.75 Å². The molecule has 174 valence electrons. The number of amides is 1. The summed E-state index contributed by atoms with van der Waals surface area (Å²) in [6.45, 7) is 4.15. The molecule has 3 rings (SSSR count). The minimum absolute atomic E-state index is 0.00715. The standard InChI is InChI=1S/C24H31ClN2O4S/c1-2-3-16-31-22-8-4-20(5-9-22)18-26-24(28)17-19-12-14-27(15-13-19)32(29,30)23-10-6-21(25)7-11-23/h4-11,19H,2-3,12-18H2,1H3,(H,26,28). The number of rotatable bonds is 10. The monoisotopic (exact) mass is 478 g/mol. The van der Waals surface area contributed by atoms with Gasteiger partial charge in [0, 0.05) is 31.1 Å². The number of halogens is 1. The second-order valence-corrected chi connectivity index (χ2v) is 10.5. The number of hydrogen-bond acceptors (Lipinski definition) is 4. The van der Waals surface area contributed by atoms with E-state index in [2.05, 4.69) is 12.2 Å². The van der Waals surface area contributed by atoms with Crippen molar-refractivity contribution in [1.82, 2.24) is 9.62 Å². The lowest BCUT2D eigenvalue weighted by Crippen LogP contribution is -2.39. The van der Waals surface area contributed by atoms with E-state index in [1.807, 2.05) is 24.3 Å². The lowest BCUT2D eigenvalue weighted by Gasteiger charge is -2.31. The van der Waals surface area contributed by atoms with E-state index in [-0.39, 0.29) is 16.7 Å². The predicted octanol–water partition coefficient (Wildman–Crippen LogP) is 4.63. The molecule has 0 bridgehead atoms. The Morgan fingerprint density at radius 3 is 2.38 bits per heavy atom. The molecule has 0 aliphatic carbocycles. The summed E-state index contributed by atoms with van der Waals surface area (Å²) in [5.74, 6) is 1.02. The molecule has 0 spiro atoms. The summed E-state index contributed by atoms with van der Waals surface area (Å²) in [6.07, 6.45) is 3.88. The molecule has 8 heteroatoms. The summed E-state index contributed by atoms with van der Waals surface area (Å²) in [5.41, 5.74) is 1.02. The SMILES string of the molecule is CCCCOc1ccc(CNC(=O)CC2CCN(S(=O)(=O)c3ccc(Cl)cc3)CC2)cc1. The van der Waals surface area contributed by atoms with Gasteiger partial charge < -0.3 is 10.1 Å². The van der Waals surface area contributed by atoms with Crippen LogP contribution in [0.3, 0.4) is 0 Å². The highest BCUT2D eigenvalue weighted by atomic mass is 35.5. The highest BCUT2D eigenvalue weighted by Gasteiger charge is 2.30. The molecule has 0 saturated carbocycles. The lowest BCUT2D eigenvalue weighted by molar-refractivity contribution is -0.122. The summed E-state index contributed by atoms with van der Waals surface area (Å²) in [5, 5.41) is 3.47. The molecule has 32 heavy (non-hydrogen) atoms. The average molecular weight is 479 g/mol. The Morgan fingerprint density at radius 2 is 1.75 bits per heavy atom. The molecular weight excluding hydrogens is 448 g/mol. The molecule has 1 heterocycles. The van der Waals surface area contributed by atoms with Crippen molar-refractivity contribution in [1.29, 1.82) is 0 Å². The number of nitrogens with zero attached hydrogens (tertiary/aromatic N) is 1. The third-order valence-electron chi connectivity index (χ3n) is 5.68. The summed E-state index contributed by atoms with van der Waals surface area (Å²) >= 11 is 5.86. The molecule has 2 aromatic carbocycles. The van der Waals surface area contributed by atoms with Gasteiger partial charge in [0.2, 0.25) is 15.9 Å². The molecule has 0 atom stereocenters. The lowest BCUT2D eigenvalue weighted by atomic mass is 9.94. The van der Waals surface area contributed by atoms with Crippen molar-refractivity contribution < 1.29 is 17.9 Å². The molecule has 0 radical (unpaired) electrons. The van der Waals surface area contributed by atoms with Crippen molar-refractivity contribution in [2.75, 3.05) is 19.7 Å². The van der Waals surface area contributed by atoms with Gasteiger partial charge in [0.25, 0.3) is 0 Å². The number of unbranched alkanes of at least 4 members (excludes halogenated alkanes) is 1. The third-order valence-corrected chi connectivity index (χ3v) is 7.84. The number of piperidine rings is 1. The van der Waals surface area contributed by atoms with Crippen LogP contribution in [0.4, 0.5) is 0 Å². The molecule has 2 aromatic rings. The molecule has 6 nitrogen and oxygen atoms in total. The van der Waals surface area contributed by atoms with Crippen LogP contribution in [0.5, 0.6) is 5.75 Å². The topological polar surface area (TPSA) is 75.7 Å². The minimum Gasteiger partial charge on any atom is -0.494 e. The molecule has 1 aliphatic rings. The number of nitrogens with one attached hydrogen (secondary N) is 1. The van der Waals surface area contributed by atoms with Gasteiger partial charge in [-0.1, -0.05) is 37.1 Å². The van der Waals surface area contributed by atoms with Crippen LogP contribution in [0.25, 0.3) is 0 Å². The van der Waals surface area contributed by atoms with Crippen LogP contribution in [0, 0.1) is 5.92 Å². The van der Waals surface area contributed by atoms with Crippen LogP contribution >= 0.6 is 11.6 Å². The van der Waals surface area contributed by atoms with Crippen LogP contribution in [0.15, 0.2) is 53.4 Å². The first kappa shape index (κ1) is 24.6. The van der Waals surface area contributed by atoms with Gasteiger partial charge >= 0.3 is 0 Å². The number of hydrogen-bond donors (Lipinski definition) is 1. The summed E-state index contributed by atoms with van der Waals surface area (Å²) in [4.78, 5) is 12.6. The Bertz CT molecular complexity index is 970. The third kappa shape index (κ3) is 6.95. The Morgan fingerprint density at radius 1 is 1.09 bits per heavy atom. The van der Waals surface area contributed by atoms with E-state index < -0.39 is 10.0 Å². The fraction of sp³-hybridized carbons (Fsp3) is 0.458. The maximum atomic E-state index is 12.8. The largest absolute Gasteiger partial charge is 0.494 e. The predicted molar refractivity (Wildman–Crippen MR) is 126 cm³/mol. The Kier molecular flexibility index (Phi) is 8.96. The number of carbonyl (C=O) groups excluding carboxylic acids is 1. The van der Waals surface area contributed by atoms with Gasteiger partial charge in [-0.2, -0.15) is 4.31 Å². The van der Waals surface area contributed by atoms with Gasteiger partial charge in [0.15, 0.2) is 0 Å². The number of ether oxygens (including phenoxy) is 1. The average Bonchev–Trinajstić information content (AvgIpc) is 2.79. The zero-order chi connectivity index (χ0) is 23.0. The number of sulfonamides is 1. The molecule has 1 fully saturated rings. The highest BCUT2D eigenvalue weighted by molar-refractivity contribution is 7.89. The number of carbonyl (C=O) groups is 1. The first-order valence-electron chi connectivity index (χ1n) is 11.1. The molecule has 1 saturated heterocycles. The van der Waals surface area contributed by atoms with Crippen molar-refractivity contribution in [3.05, 3.63) is 59.1 Å². The van der Waals surface area contributed by atoms with Crippen LogP contribution in [0.1, 0.15) is 44.6 Å². The molecule has 1 N–H and O–H groups in total.